The molecule has 8 nitrogen and oxygen atoms in total. The van der Waals surface area contributed by atoms with E-state index in [4.69, 9.17) is 9.72 Å². The first-order chi connectivity index (χ1) is 17.3. The van der Waals surface area contributed by atoms with Crippen LogP contribution in [-0.2, 0) is 33.9 Å². The van der Waals surface area contributed by atoms with E-state index in [0.717, 1.165) is 28.4 Å². The van der Waals surface area contributed by atoms with Crippen molar-refractivity contribution in [1.29, 1.82) is 0 Å². The zero-order valence-electron chi connectivity index (χ0n) is 20.5. The number of nitrogens with one attached hydrogen (secondary N) is 1. The van der Waals surface area contributed by atoms with Crippen molar-refractivity contribution >= 4 is 23.1 Å². The van der Waals surface area contributed by atoms with Gasteiger partial charge in [-0.05, 0) is 54.5 Å². The number of aromatic nitrogens is 2. The highest BCUT2D eigenvalue weighted by Crippen LogP contribution is 2.45. The quantitative estimate of drug-likeness (QED) is 0.383. The van der Waals surface area contributed by atoms with Gasteiger partial charge in [0, 0.05) is 35.6 Å². The van der Waals surface area contributed by atoms with Crippen molar-refractivity contribution in [2.45, 2.75) is 58.2 Å². The van der Waals surface area contributed by atoms with Gasteiger partial charge >= 0.3 is 0 Å². The van der Waals surface area contributed by atoms with Gasteiger partial charge in [-0.25, -0.2) is 9.37 Å². The molecule has 1 aliphatic heterocycles. The van der Waals surface area contributed by atoms with Gasteiger partial charge < -0.3 is 24.5 Å². The lowest BCUT2D eigenvalue weighted by Gasteiger charge is -2.29. The molecular formula is C27H28FN3O5. The number of carbonyl (C=O) groups is 2. The third kappa shape index (κ3) is 3.57. The fourth-order valence-corrected chi connectivity index (χ4v) is 5.76. The van der Waals surface area contributed by atoms with Crippen molar-refractivity contribution in [1.82, 2.24) is 14.9 Å². The fraction of sp³-hybridized carbons (Fsp3) is 0.407. The Labute approximate surface area is 207 Å². The number of aliphatic hydroxyl groups excluding tert-OH is 1. The number of halogens is 1. The largest absolute Gasteiger partial charge is 0.387 e. The molecule has 2 atom stereocenters. The average molecular weight is 494 g/mol. The third-order valence-corrected chi connectivity index (χ3v) is 7.54. The monoisotopic (exact) mass is 493 g/mol. The van der Waals surface area contributed by atoms with Gasteiger partial charge in [0.1, 0.15) is 18.7 Å². The molecule has 0 spiro atoms. The van der Waals surface area contributed by atoms with E-state index in [-0.39, 0.29) is 24.5 Å². The van der Waals surface area contributed by atoms with Gasteiger partial charge in [0.15, 0.2) is 0 Å². The first-order valence-corrected chi connectivity index (χ1v) is 12.1. The molecule has 0 bridgehead atoms. The Morgan fingerprint density at radius 1 is 1.39 bits per heavy atom. The number of hydrogen-bond donors (Lipinski definition) is 2. The lowest BCUT2D eigenvalue weighted by Crippen LogP contribution is -2.33. The highest BCUT2D eigenvalue weighted by molar-refractivity contribution is 5.93. The molecule has 0 saturated carbocycles. The number of rotatable bonds is 7. The van der Waals surface area contributed by atoms with Gasteiger partial charge in [0.2, 0.25) is 5.91 Å². The number of aliphatic hydroxyl groups is 1. The van der Waals surface area contributed by atoms with Crippen molar-refractivity contribution in [3.8, 4) is 11.4 Å². The first-order valence-electron chi connectivity index (χ1n) is 12.1. The van der Waals surface area contributed by atoms with Crippen LogP contribution in [0.15, 0.2) is 16.9 Å². The molecule has 3 aromatic rings. The molecule has 36 heavy (non-hydrogen) atoms. The van der Waals surface area contributed by atoms with Gasteiger partial charge in [-0.2, -0.15) is 0 Å². The number of ether oxygens (including phenoxy) is 1. The Morgan fingerprint density at radius 3 is 2.83 bits per heavy atom. The van der Waals surface area contributed by atoms with Crippen LogP contribution >= 0.6 is 0 Å². The van der Waals surface area contributed by atoms with Crippen molar-refractivity contribution in [2.24, 2.45) is 0 Å². The van der Waals surface area contributed by atoms with Crippen LogP contribution in [-0.4, -0.2) is 40.6 Å². The molecule has 9 heteroatoms. The van der Waals surface area contributed by atoms with Gasteiger partial charge in [-0.15, -0.1) is 0 Å². The number of benzene rings is 1. The molecule has 2 N–H and O–H groups in total. The molecule has 3 heterocycles. The van der Waals surface area contributed by atoms with E-state index in [2.05, 4.69) is 5.32 Å². The van der Waals surface area contributed by atoms with Gasteiger partial charge in [0.25, 0.3) is 5.56 Å². The highest BCUT2D eigenvalue weighted by Gasteiger charge is 2.35. The Hall–Kier alpha value is -3.43. The lowest BCUT2D eigenvalue weighted by molar-refractivity contribution is -0.124. The maximum Gasteiger partial charge on any atom is 0.257 e. The van der Waals surface area contributed by atoms with E-state index in [1.54, 1.807) is 11.5 Å². The predicted molar refractivity (Wildman–Crippen MR) is 131 cm³/mol. The SMILES string of the molecule is CCC(C=O)c1cc2n(c(=O)c1COC)Cc1c-2nc2cc(F)c(C)c3c2c1[C@H](NC(=O)CO)CC3. The number of pyridine rings is 2. The molecule has 1 aromatic carbocycles. The summed E-state index contributed by atoms with van der Waals surface area (Å²) in [4.78, 5) is 42.5. The number of hydrogen-bond acceptors (Lipinski definition) is 6. The highest BCUT2D eigenvalue weighted by atomic mass is 19.1. The summed E-state index contributed by atoms with van der Waals surface area (Å²) in [7, 11) is 1.50. The molecule has 0 saturated heterocycles. The van der Waals surface area contributed by atoms with Crippen molar-refractivity contribution in [3.05, 3.63) is 61.7 Å². The number of fused-ring (bicyclic) bond motifs is 4. The molecule has 1 unspecified atom stereocenters. The molecule has 188 valence electrons. The van der Waals surface area contributed by atoms with Crippen LogP contribution in [0.1, 0.15) is 65.1 Å². The van der Waals surface area contributed by atoms with Crippen LogP contribution in [0.2, 0.25) is 0 Å². The topological polar surface area (TPSA) is 111 Å². The first kappa shape index (κ1) is 24.3. The summed E-state index contributed by atoms with van der Waals surface area (Å²) in [5.74, 6) is -1.33. The van der Waals surface area contributed by atoms with Crippen molar-refractivity contribution in [2.75, 3.05) is 13.7 Å². The van der Waals surface area contributed by atoms with E-state index < -0.39 is 24.5 Å². The van der Waals surface area contributed by atoms with Gasteiger partial charge in [-0.3, -0.25) is 9.59 Å². The Morgan fingerprint density at radius 2 is 2.17 bits per heavy atom. The number of aldehydes is 1. The van der Waals surface area contributed by atoms with Gasteiger partial charge in [0.05, 0.1) is 36.1 Å². The molecular weight excluding hydrogens is 465 g/mol. The minimum absolute atomic E-state index is 0.0706. The summed E-state index contributed by atoms with van der Waals surface area (Å²) < 4.78 is 21.8. The van der Waals surface area contributed by atoms with Gasteiger partial charge in [-0.1, -0.05) is 6.92 Å². The summed E-state index contributed by atoms with van der Waals surface area (Å²) in [5.41, 5.74) is 5.32. The van der Waals surface area contributed by atoms with Crippen LogP contribution in [0.25, 0.3) is 22.3 Å². The van der Waals surface area contributed by atoms with E-state index in [0.29, 0.717) is 52.9 Å². The lowest BCUT2D eigenvalue weighted by atomic mass is 9.81. The number of methoxy groups -OCH3 is 1. The van der Waals surface area contributed by atoms with Crippen LogP contribution in [0, 0.1) is 12.7 Å². The molecule has 2 aliphatic rings. The molecule has 5 rings (SSSR count). The summed E-state index contributed by atoms with van der Waals surface area (Å²) in [5, 5.41) is 13.0. The third-order valence-electron chi connectivity index (χ3n) is 7.54. The Kier molecular flexibility index (Phi) is 6.22. The maximum absolute atomic E-state index is 14.9. The van der Waals surface area contributed by atoms with Crippen LogP contribution in [0.4, 0.5) is 4.39 Å². The zero-order chi connectivity index (χ0) is 25.7. The molecule has 1 aliphatic carbocycles. The maximum atomic E-state index is 14.9. The molecule has 0 radical (unpaired) electrons. The second kappa shape index (κ2) is 9.22. The molecule has 0 fully saturated rings. The zero-order valence-corrected chi connectivity index (χ0v) is 20.5. The Balaban J connectivity index is 1.83. The second-order valence-electron chi connectivity index (χ2n) is 9.46. The number of amides is 1. The van der Waals surface area contributed by atoms with Crippen LogP contribution in [0.3, 0.4) is 0 Å². The summed E-state index contributed by atoms with van der Waals surface area (Å²) in [6.07, 6.45) is 2.44. The minimum Gasteiger partial charge on any atom is -0.387 e. The number of carbonyl (C=O) groups excluding carboxylic acids is 2. The van der Waals surface area contributed by atoms with E-state index >= 15 is 0 Å². The minimum atomic E-state index is -0.643. The van der Waals surface area contributed by atoms with Crippen molar-refractivity contribution in [3.63, 3.8) is 0 Å². The molecule has 1 amide bonds. The van der Waals surface area contributed by atoms with Crippen LogP contribution in [0.5, 0.6) is 0 Å². The van der Waals surface area contributed by atoms with E-state index in [1.807, 2.05) is 13.0 Å². The van der Waals surface area contributed by atoms with E-state index in [1.165, 1.54) is 13.2 Å². The van der Waals surface area contributed by atoms with Crippen LogP contribution < -0.4 is 10.9 Å². The Bertz CT molecular complexity index is 1480. The van der Waals surface area contributed by atoms with E-state index in [9.17, 15) is 23.9 Å². The summed E-state index contributed by atoms with van der Waals surface area (Å²) >= 11 is 0. The average Bonchev–Trinajstić information content (AvgIpc) is 3.24. The normalized spacial score (nSPS) is 16.5. The summed E-state index contributed by atoms with van der Waals surface area (Å²) in [6, 6.07) is 2.81. The number of nitrogens with zero attached hydrogens (tertiary/aromatic N) is 2. The van der Waals surface area contributed by atoms with Crippen molar-refractivity contribution < 1.29 is 23.8 Å². The number of aryl methyl sites for hydroxylation is 1. The smallest absolute Gasteiger partial charge is 0.257 e. The summed E-state index contributed by atoms with van der Waals surface area (Å²) in [6.45, 7) is 3.28. The standard InChI is InChI=1S/C27H28FN3O5/c1-4-14(10-32)16-7-22-26-17(9-31(22)27(35)18(16)12-36-3)25-20(29-23(34)11-33)6-5-15-13(2)19(28)8-21(30-26)24(15)25/h7-8,10,14,20,33H,4-6,9,11-12H2,1-3H3,(H,29,34)/t14?,20-/m1/s1. The predicted octanol–water partition coefficient (Wildman–Crippen LogP) is 2.81. The fourth-order valence-electron chi connectivity index (χ4n) is 5.76. The second-order valence-corrected chi connectivity index (χ2v) is 9.46. The molecule has 2 aromatic heterocycles.